The zero-order valence-electron chi connectivity index (χ0n) is 18.2. The van der Waals surface area contributed by atoms with Crippen LogP contribution in [0.1, 0.15) is 105 Å². The second-order valence-electron chi connectivity index (χ2n) is 10.5. The molecule has 8 atom stereocenters. The van der Waals surface area contributed by atoms with Crippen molar-refractivity contribution >= 4 is 0 Å². The molecule has 0 aromatic heterocycles. The smallest absolute Gasteiger partial charge is 0.0624 e. The van der Waals surface area contributed by atoms with Gasteiger partial charge in [0, 0.05) is 6.42 Å². The summed E-state index contributed by atoms with van der Waals surface area (Å²) >= 11 is 0. The minimum atomic E-state index is 0.537. The topological polar surface area (TPSA) is 23.8 Å². The third-order valence-corrected chi connectivity index (χ3v) is 9.76. The second-order valence-corrected chi connectivity index (χ2v) is 10.5. The summed E-state index contributed by atoms with van der Waals surface area (Å²) in [5, 5.41) is 9.18. The fourth-order valence-corrected chi connectivity index (χ4v) is 8.56. The molecule has 0 aromatic rings. The molecule has 1 heteroatoms. The standard InChI is InChI=1S/C23H37N.C2H6/c1-16(12-15-24)19-9-10-20-18-8-7-17-6-4-5-13-22(17,2)21(18)11-14-23(19,20)3;1-2/h16-21H,4-14H2,1-3H3;1-2H3/t16-,17?,18?,19?,20?,21?,22?,23?;/m1./s1. The largest absolute Gasteiger partial charge is 0.198 e. The normalized spacial score (nSPS) is 48.1. The highest BCUT2D eigenvalue weighted by atomic mass is 14.6. The van der Waals surface area contributed by atoms with E-state index in [4.69, 9.17) is 0 Å². The van der Waals surface area contributed by atoms with E-state index < -0.39 is 0 Å². The lowest BCUT2D eigenvalue weighted by atomic mass is 9.44. The van der Waals surface area contributed by atoms with Crippen LogP contribution < -0.4 is 0 Å². The summed E-state index contributed by atoms with van der Waals surface area (Å²) in [6.45, 7) is 11.7. The summed E-state index contributed by atoms with van der Waals surface area (Å²) in [4.78, 5) is 0. The highest BCUT2D eigenvalue weighted by Gasteiger charge is 2.60. The van der Waals surface area contributed by atoms with E-state index in [1.165, 1.54) is 64.2 Å². The Balaban J connectivity index is 0.000000948. The third-order valence-electron chi connectivity index (χ3n) is 9.76. The molecule has 26 heavy (non-hydrogen) atoms. The van der Waals surface area contributed by atoms with Gasteiger partial charge in [0.25, 0.3) is 0 Å². The SMILES string of the molecule is CC.C[C@H](CC#N)C1CCC2C3CCC4CCCCC4(C)C3CCC21C. The maximum absolute atomic E-state index is 9.18. The van der Waals surface area contributed by atoms with Crippen LogP contribution in [-0.4, -0.2) is 0 Å². The summed E-state index contributed by atoms with van der Waals surface area (Å²) in [6, 6.07) is 2.46. The average Bonchev–Trinajstić information content (AvgIpc) is 3.00. The van der Waals surface area contributed by atoms with Crippen molar-refractivity contribution in [2.75, 3.05) is 0 Å². The summed E-state index contributed by atoms with van der Waals surface area (Å²) in [6.07, 6.45) is 15.6. The Hall–Kier alpha value is -0.510. The van der Waals surface area contributed by atoms with Crippen LogP contribution >= 0.6 is 0 Å². The Bertz CT molecular complexity index is 519. The molecule has 0 spiro atoms. The zero-order chi connectivity index (χ0) is 18.9. The monoisotopic (exact) mass is 357 g/mol. The van der Waals surface area contributed by atoms with E-state index in [9.17, 15) is 5.26 Å². The van der Waals surface area contributed by atoms with Crippen molar-refractivity contribution in [3.8, 4) is 6.07 Å². The van der Waals surface area contributed by atoms with E-state index in [1.807, 2.05) is 13.8 Å². The van der Waals surface area contributed by atoms with Crippen LogP contribution in [0, 0.1) is 57.7 Å². The lowest BCUT2D eigenvalue weighted by Crippen LogP contribution is -2.53. The number of nitriles is 1. The molecule has 4 fully saturated rings. The minimum Gasteiger partial charge on any atom is -0.198 e. The van der Waals surface area contributed by atoms with E-state index in [1.54, 1.807) is 0 Å². The van der Waals surface area contributed by atoms with Crippen LogP contribution in [0.4, 0.5) is 0 Å². The van der Waals surface area contributed by atoms with E-state index in [0.29, 0.717) is 16.7 Å². The molecule has 7 unspecified atom stereocenters. The fourth-order valence-electron chi connectivity index (χ4n) is 8.56. The van der Waals surface area contributed by atoms with Crippen LogP contribution in [0.2, 0.25) is 0 Å². The number of hydrogen-bond donors (Lipinski definition) is 0. The summed E-state index contributed by atoms with van der Waals surface area (Å²) in [5.41, 5.74) is 1.20. The van der Waals surface area contributed by atoms with Crippen molar-refractivity contribution in [1.82, 2.24) is 0 Å². The minimum absolute atomic E-state index is 0.537. The van der Waals surface area contributed by atoms with Gasteiger partial charge < -0.3 is 0 Å². The first-order valence-electron chi connectivity index (χ1n) is 11.9. The molecule has 0 amide bonds. The van der Waals surface area contributed by atoms with E-state index in [-0.39, 0.29) is 0 Å². The summed E-state index contributed by atoms with van der Waals surface area (Å²) in [7, 11) is 0. The fraction of sp³-hybridized carbons (Fsp3) is 0.960. The van der Waals surface area contributed by atoms with Gasteiger partial charge >= 0.3 is 0 Å². The van der Waals surface area contributed by atoms with Gasteiger partial charge in [0.15, 0.2) is 0 Å². The Morgan fingerprint density at radius 3 is 2.35 bits per heavy atom. The Kier molecular flexibility index (Phi) is 6.11. The Morgan fingerprint density at radius 1 is 0.885 bits per heavy atom. The molecule has 4 aliphatic rings. The van der Waals surface area contributed by atoms with Crippen LogP contribution in [0.3, 0.4) is 0 Å². The van der Waals surface area contributed by atoms with Crippen molar-refractivity contribution in [3.05, 3.63) is 0 Å². The maximum Gasteiger partial charge on any atom is 0.0624 e. The van der Waals surface area contributed by atoms with Gasteiger partial charge in [-0.3, -0.25) is 0 Å². The van der Waals surface area contributed by atoms with Gasteiger partial charge in [0.1, 0.15) is 0 Å². The van der Waals surface area contributed by atoms with Crippen LogP contribution in [0.5, 0.6) is 0 Å². The number of rotatable bonds is 2. The molecule has 0 heterocycles. The van der Waals surface area contributed by atoms with E-state index >= 15 is 0 Å². The molecule has 0 aromatic carbocycles. The lowest BCUT2D eigenvalue weighted by molar-refractivity contribution is -0.114. The molecule has 4 rings (SSSR count). The van der Waals surface area contributed by atoms with Gasteiger partial charge in [-0.25, -0.2) is 0 Å². The van der Waals surface area contributed by atoms with Crippen LogP contribution in [0.15, 0.2) is 0 Å². The predicted molar refractivity (Wildman–Crippen MR) is 111 cm³/mol. The summed E-state index contributed by atoms with van der Waals surface area (Å²) in [5.74, 6) is 5.42. The molecule has 0 saturated heterocycles. The van der Waals surface area contributed by atoms with Gasteiger partial charge in [-0.2, -0.15) is 5.26 Å². The van der Waals surface area contributed by atoms with Gasteiger partial charge in [-0.05, 0) is 97.7 Å². The number of hydrogen-bond acceptors (Lipinski definition) is 1. The van der Waals surface area contributed by atoms with E-state index in [2.05, 4.69) is 26.8 Å². The molecule has 4 aliphatic carbocycles. The Labute approximate surface area is 163 Å². The second kappa shape index (κ2) is 7.85. The van der Waals surface area contributed by atoms with Crippen LogP contribution in [0.25, 0.3) is 0 Å². The first kappa shape index (κ1) is 20.2. The van der Waals surface area contributed by atoms with Gasteiger partial charge in [0.05, 0.1) is 6.07 Å². The molecule has 0 aliphatic heterocycles. The lowest BCUT2D eigenvalue weighted by Gasteiger charge is -2.60. The van der Waals surface area contributed by atoms with Crippen molar-refractivity contribution < 1.29 is 0 Å². The first-order valence-corrected chi connectivity index (χ1v) is 11.9. The molecule has 1 nitrogen and oxygen atoms in total. The van der Waals surface area contributed by atoms with Crippen molar-refractivity contribution in [2.24, 2.45) is 46.3 Å². The van der Waals surface area contributed by atoms with Crippen LogP contribution in [-0.2, 0) is 0 Å². The predicted octanol–water partition coefficient (Wildman–Crippen LogP) is 7.61. The van der Waals surface area contributed by atoms with Crippen molar-refractivity contribution in [1.29, 1.82) is 5.26 Å². The molecule has 0 bridgehead atoms. The van der Waals surface area contributed by atoms with Gasteiger partial charge in [-0.15, -0.1) is 0 Å². The quantitative estimate of drug-likeness (QED) is 0.499. The zero-order valence-corrected chi connectivity index (χ0v) is 18.2. The first-order chi connectivity index (χ1) is 12.5. The van der Waals surface area contributed by atoms with Gasteiger partial charge in [0.2, 0.25) is 0 Å². The van der Waals surface area contributed by atoms with Crippen molar-refractivity contribution in [3.63, 3.8) is 0 Å². The maximum atomic E-state index is 9.18. The molecule has 148 valence electrons. The summed E-state index contributed by atoms with van der Waals surface area (Å²) < 4.78 is 0. The van der Waals surface area contributed by atoms with Crippen molar-refractivity contribution in [2.45, 2.75) is 105 Å². The van der Waals surface area contributed by atoms with E-state index in [0.717, 1.165) is 36.0 Å². The highest BCUT2D eigenvalue weighted by Crippen LogP contribution is 2.68. The highest BCUT2D eigenvalue weighted by molar-refractivity contribution is 5.09. The number of nitrogens with zero attached hydrogens (tertiary/aromatic N) is 1. The third kappa shape index (κ3) is 3.04. The Morgan fingerprint density at radius 2 is 1.62 bits per heavy atom. The molecule has 0 radical (unpaired) electrons. The molecule has 4 saturated carbocycles. The average molecular weight is 358 g/mol. The molecular weight excluding hydrogens is 314 g/mol. The molecule has 0 N–H and O–H groups in total. The van der Waals surface area contributed by atoms with Gasteiger partial charge in [-0.1, -0.05) is 47.5 Å². The molecular formula is C25H43N. The number of fused-ring (bicyclic) bond motifs is 5.